The van der Waals surface area contributed by atoms with Crippen LogP contribution in [0.3, 0.4) is 0 Å². The summed E-state index contributed by atoms with van der Waals surface area (Å²) in [5, 5.41) is 0. The number of carbonyl (C=O) groups excluding carboxylic acids is 2. The van der Waals surface area contributed by atoms with Crippen molar-refractivity contribution in [2.24, 2.45) is 5.73 Å². The molecule has 1 aliphatic heterocycles. The van der Waals surface area contributed by atoms with Crippen molar-refractivity contribution in [1.82, 2.24) is 9.80 Å². The number of carbonyl (C=O) groups is 2. The second-order valence-corrected chi connectivity index (χ2v) is 5.82. The van der Waals surface area contributed by atoms with Crippen LogP contribution >= 0.6 is 0 Å². The topological polar surface area (TPSA) is 75.9 Å². The fraction of sp³-hybridized carbons (Fsp3) is 0.529. The highest BCUT2D eigenvalue weighted by Gasteiger charge is 2.19. The summed E-state index contributed by atoms with van der Waals surface area (Å²) in [6.07, 6.45) is 2.11. The van der Waals surface area contributed by atoms with E-state index in [2.05, 4.69) is 0 Å². The van der Waals surface area contributed by atoms with E-state index in [0.29, 0.717) is 19.5 Å². The zero-order chi connectivity index (χ0) is 16.7. The molecule has 0 bridgehead atoms. The highest BCUT2D eigenvalue weighted by molar-refractivity contribution is 5.77. The molecule has 1 heterocycles. The lowest BCUT2D eigenvalue weighted by atomic mass is 10.1. The minimum atomic E-state index is -0.315. The number of aryl methyl sites for hydroxylation is 1. The van der Waals surface area contributed by atoms with Crippen LogP contribution in [0.2, 0.25) is 0 Å². The zero-order valence-corrected chi connectivity index (χ0v) is 13.7. The van der Waals surface area contributed by atoms with E-state index in [-0.39, 0.29) is 18.4 Å². The molecule has 1 aliphatic rings. The van der Waals surface area contributed by atoms with Gasteiger partial charge in [0, 0.05) is 32.6 Å². The van der Waals surface area contributed by atoms with Crippen LogP contribution in [0.4, 0.5) is 0 Å². The largest absolute Gasteiger partial charge is 0.497 e. The van der Waals surface area contributed by atoms with Crippen molar-refractivity contribution < 1.29 is 14.3 Å². The molecule has 0 aromatic heterocycles. The number of hydrogen-bond donors (Lipinski definition) is 1. The minimum absolute atomic E-state index is 0.168. The summed E-state index contributed by atoms with van der Waals surface area (Å²) < 4.78 is 5.13. The maximum Gasteiger partial charge on any atom is 0.231 e. The third-order valence-electron chi connectivity index (χ3n) is 4.11. The summed E-state index contributed by atoms with van der Waals surface area (Å²) in [6.45, 7) is 3.20. The fourth-order valence-electron chi connectivity index (χ4n) is 2.80. The van der Waals surface area contributed by atoms with Crippen molar-refractivity contribution in [2.45, 2.75) is 19.3 Å². The first-order valence-electron chi connectivity index (χ1n) is 8.00. The average Bonchev–Trinajstić information content (AvgIpc) is 2.78. The number of ether oxygens (including phenoxy) is 1. The molecule has 0 aliphatic carbocycles. The Balaban J connectivity index is 1.79. The monoisotopic (exact) mass is 319 g/mol. The van der Waals surface area contributed by atoms with Gasteiger partial charge in [-0.3, -0.25) is 14.5 Å². The lowest BCUT2D eigenvalue weighted by Crippen LogP contribution is -2.38. The quantitative estimate of drug-likeness (QED) is 0.835. The minimum Gasteiger partial charge on any atom is -0.497 e. The van der Waals surface area contributed by atoms with Gasteiger partial charge in [0.1, 0.15) is 5.75 Å². The predicted molar refractivity (Wildman–Crippen MR) is 88.1 cm³/mol. The SMILES string of the molecule is COc1ccc(CCC(=O)N2CCCN(CC(N)=O)CC2)cc1. The molecule has 1 aromatic carbocycles. The third kappa shape index (κ3) is 5.56. The zero-order valence-electron chi connectivity index (χ0n) is 13.7. The Morgan fingerprint density at radius 1 is 1.13 bits per heavy atom. The number of methoxy groups -OCH3 is 1. The Bertz CT molecular complexity index is 530. The van der Waals surface area contributed by atoms with Gasteiger partial charge in [0.05, 0.1) is 13.7 Å². The van der Waals surface area contributed by atoms with Crippen LogP contribution in [-0.2, 0) is 16.0 Å². The van der Waals surface area contributed by atoms with Crippen LogP contribution in [0.1, 0.15) is 18.4 Å². The molecule has 0 spiro atoms. The summed E-state index contributed by atoms with van der Waals surface area (Å²) in [5.41, 5.74) is 6.36. The van der Waals surface area contributed by atoms with Crippen LogP contribution in [0.15, 0.2) is 24.3 Å². The number of hydrogen-bond acceptors (Lipinski definition) is 4. The second kappa shape index (κ2) is 8.53. The molecule has 1 aromatic rings. The van der Waals surface area contributed by atoms with Gasteiger partial charge in [-0.2, -0.15) is 0 Å². The smallest absolute Gasteiger partial charge is 0.231 e. The molecule has 0 saturated carbocycles. The van der Waals surface area contributed by atoms with E-state index in [1.54, 1.807) is 7.11 Å². The molecule has 6 nitrogen and oxygen atoms in total. The lowest BCUT2D eigenvalue weighted by molar-refractivity contribution is -0.131. The van der Waals surface area contributed by atoms with Gasteiger partial charge in [-0.1, -0.05) is 12.1 Å². The Kier molecular flexibility index (Phi) is 6.40. The number of amides is 2. The molecular weight excluding hydrogens is 294 g/mol. The van der Waals surface area contributed by atoms with E-state index in [4.69, 9.17) is 10.5 Å². The Labute approximate surface area is 137 Å². The molecule has 0 unspecified atom stereocenters. The van der Waals surface area contributed by atoms with Crippen LogP contribution in [0.25, 0.3) is 0 Å². The van der Waals surface area contributed by atoms with E-state index in [1.165, 1.54) is 0 Å². The Hall–Kier alpha value is -2.08. The van der Waals surface area contributed by atoms with Gasteiger partial charge in [0.2, 0.25) is 11.8 Å². The number of benzene rings is 1. The first-order chi connectivity index (χ1) is 11.1. The van der Waals surface area contributed by atoms with Gasteiger partial charge in [0.15, 0.2) is 0 Å². The van der Waals surface area contributed by atoms with Gasteiger partial charge >= 0.3 is 0 Å². The molecule has 126 valence electrons. The number of nitrogens with two attached hydrogens (primary N) is 1. The highest BCUT2D eigenvalue weighted by Crippen LogP contribution is 2.13. The van der Waals surface area contributed by atoms with E-state index in [9.17, 15) is 9.59 Å². The van der Waals surface area contributed by atoms with Gasteiger partial charge < -0.3 is 15.4 Å². The number of primary amides is 1. The summed E-state index contributed by atoms with van der Waals surface area (Å²) in [6, 6.07) is 7.80. The van der Waals surface area contributed by atoms with Crippen molar-refractivity contribution >= 4 is 11.8 Å². The van der Waals surface area contributed by atoms with Crippen LogP contribution in [-0.4, -0.2) is 61.4 Å². The van der Waals surface area contributed by atoms with Crippen LogP contribution in [0.5, 0.6) is 5.75 Å². The van der Waals surface area contributed by atoms with Gasteiger partial charge in [0.25, 0.3) is 0 Å². The summed E-state index contributed by atoms with van der Waals surface area (Å²) in [7, 11) is 1.64. The van der Waals surface area contributed by atoms with E-state index in [0.717, 1.165) is 37.2 Å². The molecule has 2 rings (SSSR count). The first kappa shape index (κ1) is 17.3. The maximum atomic E-state index is 12.4. The highest BCUT2D eigenvalue weighted by atomic mass is 16.5. The van der Waals surface area contributed by atoms with E-state index < -0.39 is 0 Å². The van der Waals surface area contributed by atoms with Crippen molar-refractivity contribution in [2.75, 3.05) is 39.8 Å². The van der Waals surface area contributed by atoms with Crippen molar-refractivity contribution in [3.05, 3.63) is 29.8 Å². The Morgan fingerprint density at radius 2 is 1.87 bits per heavy atom. The Morgan fingerprint density at radius 3 is 2.52 bits per heavy atom. The third-order valence-corrected chi connectivity index (χ3v) is 4.11. The molecular formula is C17H25N3O3. The molecule has 2 N–H and O–H groups in total. The van der Waals surface area contributed by atoms with Crippen LogP contribution < -0.4 is 10.5 Å². The average molecular weight is 319 g/mol. The van der Waals surface area contributed by atoms with Gasteiger partial charge in [-0.15, -0.1) is 0 Å². The molecule has 2 amide bonds. The van der Waals surface area contributed by atoms with Crippen molar-refractivity contribution in [3.63, 3.8) is 0 Å². The number of rotatable bonds is 6. The fourth-order valence-corrected chi connectivity index (χ4v) is 2.80. The molecule has 0 radical (unpaired) electrons. The normalized spacial score (nSPS) is 16.0. The summed E-state index contributed by atoms with van der Waals surface area (Å²) in [5.74, 6) is 0.674. The van der Waals surface area contributed by atoms with Crippen molar-refractivity contribution in [3.8, 4) is 5.75 Å². The number of nitrogens with zero attached hydrogens (tertiary/aromatic N) is 2. The van der Waals surface area contributed by atoms with Gasteiger partial charge in [-0.25, -0.2) is 0 Å². The van der Waals surface area contributed by atoms with Crippen LogP contribution in [0, 0.1) is 0 Å². The molecule has 6 heteroatoms. The van der Waals surface area contributed by atoms with Gasteiger partial charge in [-0.05, 0) is 30.5 Å². The summed E-state index contributed by atoms with van der Waals surface area (Å²) >= 11 is 0. The van der Waals surface area contributed by atoms with E-state index >= 15 is 0 Å². The summed E-state index contributed by atoms with van der Waals surface area (Å²) in [4.78, 5) is 27.3. The van der Waals surface area contributed by atoms with E-state index in [1.807, 2.05) is 34.1 Å². The predicted octanol–water partition coefficient (Wildman–Crippen LogP) is 0.647. The molecule has 23 heavy (non-hydrogen) atoms. The second-order valence-electron chi connectivity index (χ2n) is 5.82. The van der Waals surface area contributed by atoms with Crippen molar-refractivity contribution in [1.29, 1.82) is 0 Å². The molecule has 1 fully saturated rings. The molecule has 1 saturated heterocycles. The first-order valence-corrected chi connectivity index (χ1v) is 8.00. The lowest BCUT2D eigenvalue weighted by Gasteiger charge is -2.21. The molecule has 0 atom stereocenters. The maximum absolute atomic E-state index is 12.4. The standard InChI is InChI=1S/C17H25N3O3/c1-23-15-6-3-14(4-7-15)5-8-17(22)20-10-2-9-19(11-12-20)13-16(18)21/h3-4,6-7H,2,5,8-13H2,1H3,(H2,18,21).